The van der Waals surface area contributed by atoms with Gasteiger partial charge < -0.3 is 15.7 Å². The first-order valence-electron chi connectivity index (χ1n) is 9.67. The minimum absolute atomic E-state index is 0.0735. The van der Waals surface area contributed by atoms with Crippen LogP contribution in [0.1, 0.15) is 24.1 Å². The second kappa shape index (κ2) is 8.54. The summed E-state index contributed by atoms with van der Waals surface area (Å²) in [6, 6.07) is 5.73. The number of amides is 1. The number of aromatic nitrogens is 4. The number of carbonyl (C=O) groups excluding carboxylic acids is 1. The van der Waals surface area contributed by atoms with Crippen molar-refractivity contribution in [1.29, 1.82) is 0 Å². The molecule has 12 heteroatoms. The van der Waals surface area contributed by atoms with Crippen LogP contribution < -0.4 is 10.6 Å². The summed E-state index contributed by atoms with van der Waals surface area (Å²) < 4.78 is 53.9. The summed E-state index contributed by atoms with van der Waals surface area (Å²) in [5.41, 5.74) is -0.635. The topological polar surface area (TPSA) is 105 Å². The van der Waals surface area contributed by atoms with E-state index >= 15 is 0 Å². The highest BCUT2D eigenvalue weighted by Gasteiger charge is 2.34. The van der Waals surface area contributed by atoms with E-state index in [9.17, 15) is 27.5 Å². The maximum absolute atomic E-state index is 13.6. The van der Waals surface area contributed by atoms with Gasteiger partial charge in [-0.05, 0) is 43.2 Å². The SMILES string of the molecule is O=C(Cn1nc(Nc2ccc(F)c(C(F)(F)F)c2)nc1-c1ccnc(CO)c1)NC1CC1. The van der Waals surface area contributed by atoms with E-state index in [1.165, 1.54) is 10.9 Å². The lowest BCUT2D eigenvalue weighted by Crippen LogP contribution is -2.30. The normalized spacial score (nSPS) is 13.8. The Kier molecular flexibility index (Phi) is 5.78. The number of anilines is 2. The fraction of sp³-hybridized carbons (Fsp3) is 0.300. The summed E-state index contributed by atoms with van der Waals surface area (Å²) in [5, 5.41) is 19.0. The van der Waals surface area contributed by atoms with Gasteiger partial charge >= 0.3 is 6.18 Å². The van der Waals surface area contributed by atoms with Crippen molar-refractivity contribution in [2.45, 2.75) is 38.2 Å². The Morgan fingerprint density at radius 1 is 1.22 bits per heavy atom. The van der Waals surface area contributed by atoms with Crippen LogP contribution in [0.3, 0.4) is 0 Å². The maximum atomic E-state index is 13.6. The molecule has 1 saturated carbocycles. The second-order valence-corrected chi connectivity index (χ2v) is 7.27. The zero-order valence-corrected chi connectivity index (χ0v) is 16.5. The molecular formula is C20H18F4N6O2. The number of rotatable bonds is 7. The number of aliphatic hydroxyl groups excluding tert-OH is 1. The lowest BCUT2D eigenvalue weighted by molar-refractivity contribution is -0.140. The predicted octanol–water partition coefficient (Wildman–Crippen LogP) is 3.01. The molecule has 1 amide bonds. The summed E-state index contributed by atoms with van der Waals surface area (Å²) in [5.74, 6) is -1.52. The molecule has 0 unspecified atom stereocenters. The second-order valence-electron chi connectivity index (χ2n) is 7.27. The number of nitrogens with zero attached hydrogens (tertiary/aromatic N) is 4. The monoisotopic (exact) mass is 450 g/mol. The summed E-state index contributed by atoms with van der Waals surface area (Å²) in [4.78, 5) is 20.6. The van der Waals surface area contributed by atoms with Crippen LogP contribution in [-0.2, 0) is 24.1 Å². The number of hydrogen-bond donors (Lipinski definition) is 3. The summed E-state index contributed by atoms with van der Waals surface area (Å²) in [6.45, 7) is -0.487. The molecule has 168 valence electrons. The number of pyridine rings is 1. The molecule has 2 heterocycles. The lowest BCUT2D eigenvalue weighted by atomic mass is 10.2. The summed E-state index contributed by atoms with van der Waals surface area (Å²) in [6.07, 6.45) is -1.61. The van der Waals surface area contributed by atoms with Crippen molar-refractivity contribution in [2.75, 3.05) is 5.32 Å². The van der Waals surface area contributed by atoms with E-state index in [4.69, 9.17) is 0 Å². The van der Waals surface area contributed by atoms with Crippen molar-refractivity contribution in [1.82, 2.24) is 25.1 Å². The molecule has 1 aliphatic carbocycles. The number of carbonyl (C=O) groups is 1. The van der Waals surface area contributed by atoms with E-state index in [-0.39, 0.29) is 42.6 Å². The molecule has 0 radical (unpaired) electrons. The van der Waals surface area contributed by atoms with Crippen LogP contribution in [-0.4, -0.2) is 36.8 Å². The molecule has 2 aromatic heterocycles. The van der Waals surface area contributed by atoms with Gasteiger partial charge in [-0.2, -0.15) is 18.2 Å². The molecule has 0 saturated heterocycles. The van der Waals surface area contributed by atoms with E-state index in [1.807, 2.05) is 0 Å². The molecule has 0 spiro atoms. The minimum atomic E-state index is -4.86. The van der Waals surface area contributed by atoms with E-state index < -0.39 is 17.6 Å². The van der Waals surface area contributed by atoms with Gasteiger partial charge in [-0.1, -0.05) is 0 Å². The van der Waals surface area contributed by atoms with E-state index in [2.05, 4.69) is 25.7 Å². The van der Waals surface area contributed by atoms with Crippen molar-refractivity contribution in [3.8, 4) is 11.4 Å². The highest BCUT2D eigenvalue weighted by molar-refractivity contribution is 5.77. The number of aliphatic hydroxyl groups is 1. The van der Waals surface area contributed by atoms with E-state index in [0.29, 0.717) is 23.4 Å². The molecule has 4 rings (SSSR count). The molecule has 1 fully saturated rings. The van der Waals surface area contributed by atoms with Gasteiger partial charge in [0.05, 0.1) is 17.9 Å². The molecule has 32 heavy (non-hydrogen) atoms. The lowest BCUT2D eigenvalue weighted by Gasteiger charge is -2.10. The molecule has 8 nitrogen and oxygen atoms in total. The van der Waals surface area contributed by atoms with Gasteiger partial charge in [0, 0.05) is 23.5 Å². The van der Waals surface area contributed by atoms with Crippen LogP contribution in [0.4, 0.5) is 29.2 Å². The Hall–Kier alpha value is -3.54. The standard InChI is InChI=1S/C20H18F4N6O2/c21-16-4-3-13(8-15(16)20(22,23)24)27-19-28-18(11-5-6-25-14(7-11)10-31)30(29-19)9-17(32)26-12-1-2-12/h3-8,12,31H,1-2,9-10H2,(H,26,32)(H,27,29). The Balaban J connectivity index is 1.66. The largest absolute Gasteiger partial charge is 0.419 e. The number of hydrogen-bond acceptors (Lipinski definition) is 6. The van der Waals surface area contributed by atoms with Crippen molar-refractivity contribution in [3.05, 3.63) is 53.6 Å². The summed E-state index contributed by atoms with van der Waals surface area (Å²) in [7, 11) is 0. The van der Waals surface area contributed by atoms with Crippen LogP contribution in [0.2, 0.25) is 0 Å². The molecule has 3 N–H and O–H groups in total. The summed E-state index contributed by atoms with van der Waals surface area (Å²) >= 11 is 0. The first-order valence-corrected chi connectivity index (χ1v) is 9.67. The molecular weight excluding hydrogens is 432 g/mol. The van der Waals surface area contributed by atoms with Crippen molar-refractivity contribution in [3.63, 3.8) is 0 Å². The number of nitrogens with one attached hydrogen (secondary N) is 2. The zero-order valence-electron chi connectivity index (χ0n) is 16.5. The predicted molar refractivity (Wildman–Crippen MR) is 105 cm³/mol. The van der Waals surface area contributed by atoms with E-state index in [1.54, 1.807) is 12.1 Å². The molecule has 1 aliphatic rings. The molecule has 0 atom stereocenters. The first-order chi connectivity index (χ1) is 15.2. The Bertz CT molecular complexity index is 1140. The average Bonchev–Trinajstić information content (AvgIpc) is 3.47. The van der Waals surface area contributed by atoms with Gasteiger partial charge in [-0.25, -0.2) is 9.07 Å². The number of halogens is 4. The number of alkyl halides is 3. The van der Waals surface area contributed by atoms with Gasteiger partial charge in [0.25, 0.3) is 0 Å². The Morgan fingerprint density at radius 3 is 2.69 bits per heavy atom. The maximum Gasteiger partial charge on any atom is 0.419 e. The third kappa shape index (κ3) is 5.02. The van der Waals surface area contributed by atoms with Crippen LogP contribution in [0, 0.1) is 5.82 Å². The third-order valence-electron chi connectivity index (χ3n) is 4.67. The van der Waals surface area contributed by atoms with Crippen LogP contribution in [0.25, 0.3) is 11.4 Å². The number of benzene rings is 1. The fourth-order valence-electron chi connectivity index (χ4n) is 3.01. The Labute approximate surface area is 179 Å². The van der Waals surface area contributed by atoms with E-state index in [0.717, 1.165) is 18.9 Å². The highest BCUT2D eigenvalue weighted by atomic mass is 19.4. The van der Waals surface area contributed by atoms with Gasteiger partial charge in [0.1, 0.15) is 12.4 Å². The van der Waals surface area contributed by atoms with Crippen molar-refractivity contribution in [2.24, 2.45) is 0 Å². The van der Waals surface area contributed by atoms with Crippen LogP contribution in [0.15, 0.2) is 36.5 Å². The molecule has 1 aromatic carbocycles. The smallest absolute Gasteiger partial charge is 0.390 e. The molecule has 3 aromatic rings. The molecule has 0 bridgehead atoms. The van der Waals surface area contributed by atoms with Gasteiger partial charge in [-0.3, -0.25) is 9.78 Å². The van der Waals surface area contributed by atoms with Gasteiger partial charge in [0.2, 0.25) is 11.9 Å². The highest BCUT2D eigenvalue weighted by Crippen LogP contribution is 2.33. The van der Waals surface area contributed by atoms with Crippen molar-refractivity contribution >= 4 is 17.5 Å². The molecule has 0 aliphatic heterocycles. The fourth-order valence-corrected chi connectivity index (χ4v) is 3.01. The van der Waals surface area contributed by atoms with Crippen molar-refractivity contribution < 1.29 is 27.5 Å². The third-order valence-corrected chi connectivity index (χ3v) is 4.67. The van der Waals surface area contributed by atoms with Crippen LogP contribution in [0.5, 0.6) is 0 Å². The first kappa shape index (κ1) is 21.7. The van der Waals surface area contributed by atoms with Crippen LogP contribution >= 0.6 is 0 Å². The van der Waals surface area contributed by atoms with Gasteiger partial charge in [-0.15, -0.1) is 5.10 Å². The van der Waals surface area contributed by atoms with Gasteiger partial charge in [0.15, 0.2) is 5.82 Å². The Morgan fingerprint density at radius 2 is 2.00 bits per heavy atom. The minimum Gasteiger partial charge on any atom is -0.390 e. The average molecular weight is 450 g/mol. The quantitative estimate of drug-likeness (QED) is 0.478. The zero-order chi connectivity index (χ0) is 22.9.